The first-order valence-electron chi connectivity index (χ1n) is 9.60. The highest BCUT2D eigenvalue weighted by molar-refractivity contribution is 5.91. The third-order valence-corrected chi connectivity index (χ3v) is 7.76. The summed E-state index contributed by atoms with van der Waals surface area (Å²) >= 11 is 0. The fraction of sp³-hybridized carbons (Fsp3) is 0.800. The van der Waals surface area contributed by atoms with Crippen molar-refractivity contribution >= 4 is 11.8 Å². The van der Waals surface area contributed by atoms with Gasteiger partial charge >= 0.3 is 5.97 Å². The molecule has 0 amide bonds. The Bertz CT molecular complexity index is 665. The van der Waals surface area contributed by atoms with Crippen LogP contribution in [-0.2, 0) is 19.1 Å². The van der Waals surface area contributed by atoms with Gasteiger partial charge in [0.1, 0.15) is 18.5 Å². The molecule has 144 valence electrons. The third kappa shape index (κ3) is 2.42. The molecule has 26 heavy (non-hydrogen) atoms. The normalized spacial score (nSPS) is 49.4. The second-order valence-electron chi connectivity index (χ2n) is 9.01. The van der Waals surface area contributed by atoms with Crippen molar-refractivity contribution in [3.63, 3.8) is 0 Å². The van der Waals surface area contributed by atoms with Crippen LogP contribution in [0.25, 0.3) is 0 Å². The lowest BCUT2D eigenvalue weighted by molar-refractivity contribution is -0.160. The second kappa shape index (κ2) is 5.88. The van der Waals surface area contributed by atoms with Gasteiger partial charge in [0.05, 0.1) is 29.8 Å². The molecular formula is C20H28O6. The van der Waals surface area contributed by atoms with Crippen LogP contribution in [-0.4, -0.2) is 53.5 Å². The number of rotatable bonds is 3. The van der Waals surface area contributed by atoms with Crippen molar-refractivity contribution in [3.05, 3.63) is 11.6 Å². The molecule has 4 aliphatic rings. The van der Waals surface area contributed by atoms with Crippen molar-refractivity contribution in [2.45, 2.75) is 57.7 Å². The predicted molar refractivity (Wildman–Crippen MR) is 92.1 cm³/mol. The largest absolute Gasteiger partial charge is 0.459 e. The first kappa shape index (κ1) is 18.1. The summed E-state index contributed by atoms with van der Waals surface area (Å²) in [6, 6.07) is 0. The van der Waals surface area contributed by atoms with Crippen LogP contribution in [0.2, 0.25) is 0 Å². The van der Waals surface area contributed by atoms with Crippen LogP contribution in [0, 0.1) is 22.7 Å². The van der Waals surface area contributed by atoms with Crippen LogP contribution in [0.15, 0.2) is 11.6 Å². The van der Waals surface area contributed by atoms with Crippen molar-refractivity contribution < 1.29 is 29.3 Å². The first-order valence-corrected chi connectivity index (χ1v) is 9.60. The van der Waals surface area contributed by atoms with Crippen molar-refractivity contribution in [3.8, 4) is 0 Å². The lowest BCUT2D eigenvalue weighted by Gasteiger charge is -2.58. The Morgan fingerprint density at radius 3 is 2.58 bits per heavy atom. The van der Waals surface area contributed by atoms with E-state index in [4.69, 9.17) is 9.47 Å². The average Bonchev–Trinajstić information content (AvgIpc) is 3.31. The maximum Gasteiger partial charge on any atom is 0.336 e. The summed E-state index contributed by atoms with van der Waals surface area (Å²) in [7, 11) is 0. The van der Waals surface area contributed by atoms with Gasteiger partial charge in [-0.3, -0.25) is 4.79 Å². The molecule has 4 rings (SSSR count). The van der Waals surface area contributed by atoms with Crippen molar-refractivity contribution in [2.24, 2.45) is 22.7 Å². The molecule has 2 saturated heterocycles. The Balaban J connectivity index is 1.67. The molecule has 1 spiro atoms. The number of aliphatic hydroxyl groups is 2. The zero-order chi connectivity index (χ0) is 18.7. The van der Waals surface area contributed by atoms with E-state index in [9.17, 15) is 19.8 Å². The number of hydrogen-bond donors (Lipinski definition) is 2. The molecule has 6 heteroatoms. The molecule has 0 unspecified atom stereocenters. The Hall–Kier alpha value is -1.24. The third-order valence-electron chi connectivity index (χ3n) is 7.76. The van der Waals surface area contributed by atoms with Crippen LogP contribution < -0.4 is 0 Å². The number of ketones is 1. The number of hydrogen-bond acceptors (Lipinski definition) is 6. The Kier molecular flexibility index (Phi) is 4.10. The minimum Gasteiger partial charge on any atom is -0.459 e. The SMILES string of the molecule is C[C@@]12CCC(=O)[C@@](C)(CO)[C@H]1CC[C@]1(CO1)[C@H]2C/C=C1/C(=O)OC[C@H]1O. The van der Waals surface area contributed by atoms with Crippen LogP contribution in [0.1, 0.15) is 46.0 Å². The van der Waals surface area contributed by atoms with E-state index in [1.807, 2.05) is 13.0 Å². The molecule has 0 aromatic carbocycles. The van der Waals surface area contributed by atoms with Gasteiger partial charge in [0, 0.05) is 6.42 Å². The van der Waals surface area contributed by atoms with E-state index in [1.54, 1.807) is 0 Å². The maximum absolute atomic E-state index is 12.6. The van der Waals surface area contributed by atoms with Gasteiger partial charge in [0.15, 0.2) is 0 Å². The number of carbonyl (C=O) groups is 2. The lowest BCUT2D eigenvalue weighted by atomic mass is 9.45. The number of fused-ring (bicyclic) bond motifs is 1. The molecule has 0 aromatic rings. The number of cyclic esters (lactones) is 1. The number of epoxide rings is 1. The van der Waals surface area contributed by atoms with Gasteiger partial charge in [-0.1, -0.05) is 19.9 Å². The lowest BCUT2D eigenvalue weighted by Crippen LogP contribution is -2.59. The molecule has 6 nitrogen and oxygen atoms in total. The van der Waals surface area contributed by atoms with Gasteiger partial charge in [0.2, 0.25) is 0 Å². The molecule has 2 aliphatic carbocycles. The second-order valence-corrected chi connectivity index (χ2v) is 9.01. The molecule has 2 N–H and O–H groups in total. The number of carbonyl (C=O) groups excluding carboxylic acids is 2. The minimum atomic E-state index is -0.860. The Labute approximate surface area is 153 Å². The van der Waals surface area contributed by atoms with E-state index in [0.717, 1.165) is 19.3 Å². The van der Waals surface area contributed by atoms with Crippen LogP contribution in [0.3, 0.4) is 0 Å². The van der Waals surface area contributed by atoms with Gasteiger partial charge in [-0.05, 0) is 42.9 Å². The number of esters is 1. The summed E-state index contributed by atoms with van der Waals surface area (Å²) in [5, 5.41) is 20.0. The zero-order valence-electron chi connectivity index (χ0n) is 15.5. The monoisotopic (exact) mass is 364 g/mol. The van der Waals surface area contributed by atoms with Gasteiger partial charge in [-0.2, -0.15) is 0 Å². The fourth-order valence-electron chi connectivity index (χ4n) is 6.04. The number of Topliss-reactive ketones (excluding diaryl/α,β-unsaturated/α-hetero) is 1. The summed E-state index contributed by atoms with van der Waals surface area (Å²) < 4.78 is 10.8. The molecule has 2 saturated carbocycles. The molecule has 2 heterocycles. The van der Waals surface area contributed by atoms with Crippen LogP contribution in [0.5, 0.6) is 0 Å². The van der Waals surface area contributed by atoms with Crippen molar-refractivity contribution in [2.75, 3.05) is 19.8 Å². The molecule has 2 aliphatic heterocycles. The fourth-order valence-corrected chi connectivity index (χ4v) is 6.04. The highest BCUT2D eigenvalue weighted by Crippen LogP contribution is 2.65. The zero-order valence-corrected chi connectivity index (χ0v) is 15.5. The number of aliphatic hydroxyl groups excluding tert-OH is 2. The first-order chi connectivity index (χ1) is 12.3. The highest BCUT2D eigenvalue weighted by atomic mass is 16.6. The van der Waals surface area contributed by atoms with E-state index < -0.39 is 17.5 Å². The number of ether oxygens (including phenoxy) is 2. The maximum atomic E-state index is 12.6. The minimum absolute atomic E-state index is 0.0218. The van der Waals surface area contributed by atoms with Gasteiger partial charge in [0.25, 0.3) is 0 Å². The molecular weight excluding hydrogens is 336 g/mol. The van der Waals surface area contributed by atoms with E-state index in [1.165, 1.54) is 0 Å². The van der Waals surface area contributed by atoms with Crippen molar-refractivity contribution in [1.82, 2.24) is 0 Å². The average molecular weight is 364 g/mol. The molecule has 0 bridgehead atoms. The Morgan fingerprint density at radius 2 is 2.00 bits per heavy atom. The quantitative estimate of drug-likeness (QED) is 0.446. The number of allylic oxidation sites excluding steroid dienone is 1. The topological polar surface area (TPSA) is 96.4 Å². The van der Waals surface area contributed by atoms with Gasteiger partial charge in [-0.15, -0.1) is 0 Å². The smallest absolute Gasteiger partial charge is 0.336 e. The molecule has 4 fully saturated rings. The molecule has 0 aromatic heterocycles. The summed E-state index contributed by atoms with van der Waals surface area (Å²) in [5.74, 6) is -0.0393. The standard InChI is InChI=1S/C20H28O6/c1-18-7-6-16(23)19(2,10-21)14(18)5-8-20(11-26-20)15(18)4-3-12-13(22)9-25-17(12)24/h3,13-15,21-22H,4-11H2,1-2H3/b12-3+/t13-,14+,15+,18-,19+,20+/m1/s1. The summed E-state index contributed by atoms with van der Waals surface area (Å²) in [6.45, 7) is 4.72. The van der Waals surface area contributed by atoms with Gasteiger partial charge < -0.3 is 19.7 Å². The molecule has 0 radical (unpaired) electrons. The van der Waals surface area contributed by atoms with E-state index >= 15 is 0 Å². The molecule has 6 atom stereocenters. The summed E-state index contributed by atoms with van der Waals surface area (Å²) in [4.78, 5) is 24.4. The predicted octanol–water partition coefficient (Wildman–Crippen LogP) is 1.38. The van der Waals surface area contributed by atoms with Crippen molar-refractivity contribution in [1.29, 1.82) is 0 Å². The summed E-state index contributed by atoms with van der Waals surface area (Å²) in [6.07, 6.45) is 4.56. The summed E-state index contributed by atoms with van der Waals surface area (Å²) in [5.41, 5.74) is -0.707. The van der Waals surface area contributed by atoms with E-state index in [2.05, 4.69) is 6.92 Å². The Morgan fingerprint density at radius 1 is 1.27 bits per heavy atom. The van der Waals surface area contributed by atoms with E-state index in [-0.39, 0.29) is 41.8 Å². The van der Waals surface area contributed by atoms with Gasteiger partial charge in [-0.25, -0.2) is 4.79 Å². The van der Waals surface area contributed by atoms with Crippen LogP contribution >= 0.6 is 0 Å². The van der Waals surface area contributed by atoms with E-state index in [0.29, 0.717) is 25.0 Å². The highest BCUT2D eigenvalue weighted by Gasteiger charge is 2.66. The van der Waals surface area contributed by atoms with Crippen LogP contribution in [0.4, 0.5) is 0 Å².